The molecule has 0 aliphatic rings. The number of hydrogen-bond donors (Lipinski definition) is 2. The highest BCUT2D eigenvalue weighted by atomic mass is 16.6. The van der Waals surface area contributed by atoms with Gasteiger partial charge in [0, 0.05) is 6.54 Å². The minimum atomic E-state index is -1.01. The minimum Gasteiger partial charge on any atom is -0.497 e. The van der Waals surface area contributed by atoms with Gasteiger partial charge in [0.1, 0.15) is 11.4 Å². The summed E-state index contributed by atoms with van der Waals surface area (Å²) in [6, 6.07) is 4.76. The average Bonchev–Trinajstić information content (AvgIpc) is 2.44. The third kappa shape index (κ3) is 7.35. The summed E-state index contributed by atoms with van der Waals surface area (Å²) >= 11 is 0. The van der Waals surface area contributed by atoms with Crippen molar-refractivity contribution in [3.05, 3.63) is 35.4 Å². The minimum absolute atomic E-state index is 0.163. The molecule has 0 atom stereocenters. The second-order valence-corrected chi connectivity index (χ2v) is 5.92. The van der Waals surface area contributed by atoms with Gasteiger partial charge in [0.15, 0.2) is 0 Å². The monoisotopic (exact) mass is 321 g/mol. The molecule has 0 aliphatic carbocycles. The second kappa shape index (κ2) is 8.22. The van der Waals surface area contributed by atoms with Crippen LogP contribution in [0.2, 0.25) is 0 Å². The molecule has 0 radical (unpaired) electrons. The number of carbonyl (C=O) groups is 2. The van der Waals surface area contributed by atoms with Crippen LogP contribution in [-0.4, -0.2) is 36.4 Å². The predicted octanol–water partition coefficient (Wildman–Crippen LogP) is 3.32. The van der Waals surface area contributed by atoms with Crippen molar-refractivity contribution in [2.75, 3.05) is 13.7 Å². The second-order valence-electron chi connectivity index (χ2n) is 5.92. The van der Waals surface area contributed by atoms with Crippen molar-refractivity contribution in [2.45, 2.75) is 32.8 Å². The lowest BCUT2D eigenvalue weighted by molar-refractivity contribution is 0.0528. The number of carboxylic acid groups (broad SMARTS) is 1. The summed E-state index contributed by atoms with van der Waals surface area (Å²) in [7, 11) is 1.49. The van der Waals surface area contributed by atoms with Crippen LogP contribution in [0.4, 0.5) is 4.79 Å². The van der Waals surface area contributed by atoms with Crippen molar-refractivity contribution in [2.24, 2.45) is 0 Å². The van der Waals surface area contributed by atoms with Crippen LogP contribution in [0.15, 0.2) is 24.3 Å². The number of benzene rings is 1. The maximum atomic E-state index is 11.5. The van der Waals surface area contributed by atoms with E-state index < -0.39 is 17.7 Å². The summed E-state index contributed by atoms with van der Waals surface area (Å²) in [6.07, 6.45) is 3.77. The number of nitrogens with one attached hydrogen (secondary N) is 1. The largest absolute Gasteiger partial charge is 0.497 e. The van der Waals surface area contributed by atoms with Crippen LogP contribution in [0.25, 0.3) is 6.08 Å². The molecule has 1 amide bonds. The lowest BCUT2D eigenvalue weighted by Gasteiger charge is -2.19. The van der Waals surface area contributed by atoms with Crippen LogP contribution in [0.1, 0.15) is 43.1 Å². The van der Waals surface area contributed by atoms with E-state index in [1.54, 1.807) is 39.0 Å². The Morgan fingerprint density at radius 1 is 1.26 bits per heavy atom. The number of alkyl carbamates (subject to hydrolysis) is 1. The number of methoxy groups -OCH3 is 1. The van der Waals surface area contributed by atoms with Gasteiger partial charge >= 0.3 is 12.1 Å². The summed E-state index contributed by atoms with van der Waals surface area (Å²) in [4.78, 5) is 22.5. The zero-order chi connectivity index (χ0) is 17.5. The van der Waals surface area contributed by atoms with Gasteiger partial charge in [-0.2, -0.15) is 0 Å². The first-order valence-electron chi connectivity index (χ1n) is 7.27. The fraction of sp³-hybridized carbons (Fsp3) is 0.412. The molecule has 6 nitrogen and oxygen atoms in total. The highest BCUT2D eigenvalue weighted by Gasteiger charge is 2.15. The molecular weight excluding hydrogens is 298 g/mol. The Kier molecular flexibility index (Phi) is 6.63. The Labute approximate surface area is 136 Å². The van der Waals surface area contributed by atoms with E-state index in [-0.39, 0.29) is 5.56 Å². The molecule has 0 aromatic heterocycles. The van der Waals surface area contributed by atoms with Gasteiger partial charge in [-0.25, -0.2) is 9.59 Å². The first kappa shape index (κ1) is 18.5. The molecule has 0 bridgehead atoms. The van der Waals surface area contributed by atoms with E-state index in [1.165, 1.54) is 13.2 Å². The smallest absolute Gasteiger partial charge is 0.407 e. The Hall–Kier alpha value is -2.50. The molecule has 126 valence electrons. The molecule has 0 aliphatic heterocycles. The number of aromatic carboxylic acids is 1. The van der Waals surface area contributed by atoms with Crippen LogP contribution in [0.3, 0.4) is 0 Å². The van der Waals surface area contributed by atoms with Gasteiger partial charge in [0.25, 0.3) is 0 Å². The first-order valence-corrected chi connectivity index (χ1v) is 7.27. The van der Waals surface area contributed by atoms with E-state index in [9.17, 15) is 9.59 Å². The molecule has 0 heterocycles. The van der Waals surface area contributed by atoms with Crippen molar-refractivity contribution in [1.82, 2.24) is 5.32 Å². The molecule has 23 heavy (non-hydrogen) atoms. The summed E-state index contributed by atoms with van der Waals surface area (Å²) in [6.45, 7) is 5.83. The van der Waals surface area contributed by atoms with Crippen LogP contribution in [-0.2, 0) is 4.74 Å². The van der Waals surface area contributed by atoms with Crippen LogP contribution in [0, 0.1) is 0 Å². The van der Waals surface area contributed by atoms with Crippen molar-refractivity contribution in [3.63, 3.8) is 0 Å². The predicted molar refractivity (Wildman–Crippen MR) is 87.8 cm³/mol. The molecule has 0 spiro atoms. The Bertz CT molecular complexity index is 587. The molecule has 6 heteroatoms. The third-order valence-corrected chi connectivity index (χ3v) is 2.70. The van der Waals surface area contributed by atoms with E-state index in [0.717, 1.165) is 5.56 Å². The van der Waals surface area contributed by atoms with Crippen molar-refractivity contribution < 1.29 is 24.2 Å². The normalized spacial score (nSPS) is 11.3. The van der Waals surface area contributed by atoms with Crippen molar-refractivity contribution in [3.8, 4) is 5.75 Å². The molecule has 0 saturated carbocycles. The fourth-order valence-electron chi connectivity index (χ4n) is 1.75. The lowest BCUT2D eigenvalue weighted by Crippen LogP contribution is -2.32. The van der Waals surface area contributed by atoms with Crippen LogP contribution >= 0.6 is 0 Å². The lowest BCUT2D eigenvalue weighted by atomic mass is 10.1. The number of rotatable bonds is 6. The van der Waals surface area contributed by atoms with Gasteiger partial charge in [0.05, 0.1) is 12.7 Å². The highest BCUT2D eigenvalue weighted by Crippen LogP contribution is 2.18. The van der Waals surface area contributed by atoms with E-state index in [1.807, 2.05) is 6.08 Å². The molecular formula is C17H23NO5. The van der Waals surface area contributed by atoms with Crippen molar-refractivity contribution in [1.29, 1.82) is 0 Å². The summed E-state index contributed by atoms with van der Waals surface area (Å²) in [5.74, 6) is -0.526. The molecule has 0 unspecified atom stereocenters. The standard InChI is InChI=1S/C17H23NO5/c1-17(2,3)23-16(21)18-8-6-5-7-12-9-13(15(19)20)11-14(10-12)22-4/h5,7,9-11H,6,8H2,1-4H3,(H,18,21)(H,19,20). The molecule has 2 N–H and O–H groups in total. The number of ether oxygens (including phenoxy) is 2. The van der Waals surface area contributed by atoms with E-state index in [4.69, 9.17) is 14.6 Å². The molecule has 1 aromatic carbocycles. The Balaban J connectivity index is 2.53. The topological polar surface area (TPSA) is 84.9 Å². The Morgan fingerprint density at radius 3 is 2.52 bits per heavy atom. The van der Waals surface area contributed by atoms with E-state index in [2.05, 4.69) is 5.32 Å². The zero-order valence-electron chi connectivity index (χ0n) is 13.9. The van der Waals surface area contributed by atoms with Gasteiger partial charge in [-0.1, -0.05) is 12.2 Å². The maximum Gasteiger partial charge on any atom is 0.407 e. The maximum absolute atomic E-state index is 11.5. The number of amides is 1. The first-order chi connectivity index (χ1) is 10.7. The highest BCUT2D eigenvalue weighted by molar-refractivity contribution is 5.89. The van der Waals surface area contributed by atoms with Gasteiger partial charge in [-0.3, -0.25) is 0 Å². The van der Waals surface area contributed by atoms with Gasteiger partial charge < -0.3 is 19.9 Å². The zero-order valence-corrected chi connectivity index (χ0v) is 13.9. The van der Waals surface area contributed by atoms with E-state index in [0.29, 0.717) is 18.7 Å². The van der Waals surface area contributed by atoms with Crippen LogP contribution < -0.4 is 10.1 Å². The quantitative estimate of drug-likeness (QED) is 0.785. The number of carboxylic acids is 1. The molecule has 1 aromatic rings. The van der Waals surface area contributed by atoms with Gasteiger partial charge in [-0.15, -0.1) is 0 Å². The van der Waals surface area contributed by atoms with E-state index >= 15 is 0 Å². The Morgan fingerprint density at radius 2 is 1.96 bits per heavy atom. The summed E-state index contributed by atoms with van der Waals surface area (Å²) < 4.78 is 10.2. The summed E-state index contributed by atoms with van der Waals surface area (Å²) in [5.41, 5.74) is 0.364. The molecule has 1 rings (SSSR count). The third-order valence-electron chi connectivity index (χ3n) is 2.70. The van der Waals surface area contributed by atoms with Crippen LogP contribution in [0.5, 0.6) is 5.75 Å². The molecule has 0 saturated heterocycles. The average molecular weight is 321 g/mol. The van der Waals surface area contributed by atoms with Gasteiger partial charge in [-0.05, 0) is 51.0 Å². The fourth-order valence-corrected chi connectivity index (χ4v) is 1.75. The molecule has 0 fully saturated rings. The van der Waals surface area contributed by atoms with Crippen molar-refractivity contribution >= 4 is 18.1 Å². The number of hydrogen-bond acceptors (Lipinski definition) is 4. The SMILES string of the molecule is COc1cc(C=CCCNC(=O)OC(C)(C)C)cc(C(=O)O)c1. The summed E-state index contributed by atoms with van der Waals surface area (Å²) in [5, 5.41) is 11.7. The number of carbonyl (C=O) groups excluding carboxylic acids is 1. The van der Waals surface area contributed by atoms with Gasteiger partial charge in [0.2, 0.25) is 0 Å².